The van der Waals surface area contributed by atoms with Gasteiger partial charge in [0.25, 0.3) is 0 Å². The fraction of sp³-hybridized carbons (Fsp3) is 0.375. The Kier molecular flexibility index (Phi) is 3.56. The molecule has 0 amide bonds. The highest BCUT2D eigenvalue weighted by Gasteiger charge is 2.37. The zero-order chi connectivity index (χ0) is 14.0. The highest BCUT2D eigenvalue weighted by Crippen LogP contribution is 2.33. The zero-order valence-corrected chi connectivity index (χ0v) is 11.6. The van der Waals surface area contributed by atoms with E-state index in [2.05, 4.69) is 4.98 Å². The number of para-hydroxylation sites is 1. The molecule has 0 saturated carbocycles. The number of nitrogens with zero attached hydrogens (tertiary/aromatic N) is 1. The normalized spacial score (nSPS) is 14.5. The van der Waals surface area contributed by atoms with Gasteiger partial charge in [0, 0.05) is 11.6 Å². The second-order valence-electron chi connectivity index (χ2n) is 5.54. The highest BCUT2D eigenvalue weighted by molar-refractivity contribution is 5.83. The predicted octanol–water partition coefficient (Wildman–Crippen LogP) is 3.52. The lowest BCUT2D eigenvalue weighted by molar-refractivity contribution is -0.150. The summed E-state index contributed by atoms with van der Waals surface area (Å²) in [5, 5.41) is 10.6. The summed E-state index contributed by atoms with van der Waals surface area (Å²) in [5.74, 6) is -0.680. The maximum Gasteiger partial charge on any atom is 0.309 e. The van der Waals surface area contributed by atoms with Crippen LogP contribution in [0.4, 0.5) is 0 Å². The molecule has 0 fully saturated rings. The largest absolute Gasteiger partial charge is 0.481 e. The van der Waals surface area contributed by atoms with E-state index in [1.165, 1.54) is 0 Å². The number of aromatic nitrogens is 1. The van der Waals surface area contributed by atoms with Gasteiger partial charge in [0.2, 0.25) is 0 Å². The molecule has 0 spiro atoms. The van der Waals surface area contributed by atoms with E-state index < -0.39 is 11.4 Å². The number of carbonyl (C=O) groups is 1. The van der Waals surface area contributed by atoms with Crippen molar-refractivity contribution in [1.29, 1.82) is 0 Å². The zero-order valence-electron chi connectivity index (χ0n) is 11.6. The van der Waals surface area contributed by atoms with Crippen LogP contribution in [0.25, 0.3) is 10.9 Å². The van der Waals surface area contributed by atoms with Gasteiger partial charge in [0.1, 0.15) is 0 Å². The summed E-state index contributed by atoms with van der Waals surface area (Å²) < 4.78 is 0. The molecule has 3 heteroatoms. The number of rotatable bonds is 4. The third-order valence-electron chi connectivity index (χ3n) is 4.06. The Balaban J connectivity index is 2.48. The molecule has 1 aromatic carbocycles. The van der Waals surface area contributed by atoms with Crippen LogP contribution >= 0.6 is 0 Å². The van der Waals surface area contributed by atoms with Gasteiger partial charge in [-0.2, -0.15) is 0 Å². The molecule has 2 aromatic rings. The van der Waals surface area contributed by atoms with Crippen LogP contribution < -0.4 is 0 Å². The van der Waals surface area contributed by atoms with E-state index in [0.717, 1.165) is 16.5 Å². The quantitative estimate of drug-likeness (QED) is 0.911. The predicted molar refractivity (Wildman–Crippen MR) is 76.0 cm³/mol. The number of hydrogen-bond acceptors (Lipinski definition) is 2. The molecule has 0 aliphatic heterocycles. The molecule has 19 heavy (non-hydrogen) atoms. The lowest BCUT2D eigenvalue weighted by Gasteiger charge is -2.29. The minimum Gasteiger partial charge on any atom is -0.481 e. The minimum atomic E-state index is -0.760. The van der Waals surface area contributed by atoms with Gasteiger partial charge in [-0.25, -0.2) is 0 Å². The van der Waals surface area contributed by atoms with Crippen LogP contribution in [0.1, 0.15) is 26.3 Å². The van der Waals surface area contributed by atoms with Crippen LogP contribution in [0, 0.1) is 11.3 Å². The van der Waals surface area contributed by atoms with E-state index in [9.17, 15) is 9.90 Å². The Hall–Kier alpha value is -1.90. The molecular weight excluding hydrogens is 238 g/mol. The van der Waals surface area contributed by atoms with E-state index >= 15 is 0 Å². The molecule has 0 bridgehead atoms. The van der Waals surface area contributed by atoms with Gasteiger partial charge >= 0.3 is 5.97 Å². The van der Waals surface area contributed by atoms with Crippen LogP contribution in [-0.2, 0) is 11.2 Å². The standard InChI is InChI=1S/C16H19NO2/c1-11(2)16(3,15(18)19)10-12-8-9-17-14-7-5-4-6-13(12)14/h4-9,11H,10H2,1-3H3,(H,18,19). The van der Waals surface area contributed by atoms with Crippen molar-refractivity contribution in [1.82, 2.24) is 4.98 Å². The fourth-order valence-electron chi connectivity index (χ4n) is 2.23. The van der Waals surface area contributed by atoms with Gasteiger partial charge in [-0.15, -0.1) is 0 Å². The first-order valence-corrected chi connectivity index (χ1v) is 6.51. The molecule has 2 rings (SSSR count). The van der Waals surface area contributed by atoms with Crippen LogP contribution in [0.3, 0.4) is 0 Å². The lowest BCUT2D eigenvalue weighted by atomic mass is 9.74. The molecule has 0 aliphatic carbocycles. The van der Waals surface area contributed by atoms with Crippen molar-refractivity contribution in [3.8, 4) is 0 Å². The first-order chi connectivity index (χ1) is 8.95. The van der Waals surface area contributed by atoms with Crippen LogP contribution in [-0.4, -0.2) is 16.1 Å². The van der Waals surface area contributed by atoms with Crippen molar-refractivity contribution in [2.75, 3.05) is 0 Å². The minimum absolute atomic E-state index is 0.0666. The highest BCUT2D eigenvalue weighted by atomic mass is 16.4. The number of aliphatic carboxylic acids is 1. The van der Waals surface area contributed by atoms with Gasteiger partial charge in [0.05, 0.1) is 10.9 Å². The number of hydrogen-bond donors (Lipinski definition) is 1. The summed E-state index contributed by atoms with van der Waals surface area (Å²) in [6.07, 6.45) is 2.27. The molecule has 0 radical (unpaired) electrons. The van der Waals surface area contributed by atoms with E-state index in [0.29, 0.717) is 6.42 Å². The van der Waals surface area contributed by atoms with Crippen molar-refractivity contribution in [2.45, 2.75) is 27.2 Å². The van der Waals surface area contributed by atoms with Gasteiger partial charge in [0.15, 0.2) is 0 Å². The maximum absolute atomic E-state index is 11.6. The third-order valence-corrected chi connectivity index (χ3v) is 4.06. The molecular formula is C16H19NO2. The SMILES string of the molecule is CC(C)C(C)(Cc1ccnc2ccccc12)C(=O)O. The summed E-state index contributed by atoms with van der Waals surface area (Å²) in [6.45, 7) is 5.73. The van der Waals surface area contributed by atoms with Crippen molar-refractivity contribution in [3.63, 3.8) is 0 Å². The lowest BCUT2D eigenvalue weighted by Crippen LogP contribution is -2.35. The monoisotopic (exact) mass is 257 g/mol. The van der Waals surface area contributed by atoms with Crippen molar-refractivity contribution < 1.29 is 9.90 Å². The Morgan fingerprint density at radius 1 is 1.32 bits per heavy atom. The fourth-order valence-corrected chi connectivity index (χ4v) is 2.23. The molecule has 1 heterocycles. The third kappa shape index (κ3) is 2.46. The van der Waals surface area contributed by atoms with E-state index in [-0.39, 0.29) is 5.92 Å². The summed E-state index contributed by atoms with van der Waals surface area (Å²) >= 11 is 0. The molecule has 1 atom stereocenters. The molecule has 3 nitrogen and oxygen atoms in total. The molecule has 100 valence electrons. The molecule has 0 aliphatic rings. The second-order valence-corrected chi connectivity index (χ2v) is 5.54. The number of carboxylic acid groups (broad SMARTS) is 1. The van der Waals surface area contributed by atoms with Crippen molar-refractivity contribution >= 4 is 16.9 Å². The molecule has 1 aromatic heterocycles. The molecule has 0 saturated heterocycles. The van der Waals surface area contributed by atoms with Gasteiger partial charge in [-0.1, -0.05) is 32.0 Å². The van der Waals surface area contributed by atoms with Crippen molar-refractivity contribution in [3.05, 3.63) is 42.1 Å². The average Bonchev–Trinajstić information content (AvgIpc) is 2.38. The topological polar surface area (TPSA) is 50.2 Å². The Morgan fingerprint density at radius 3 is 2.63 bits per heavy atom. The van der Waals surface area contributed by atoms with Crippen LogP contribution in [0.15, 0.2) is 36.5 Å². The number of pyridine rings is 1. The average molecular weight is 257 g/mol. The van der Waals surface area contributed by atoms with E-state index in [4.69, 9.17) is 0 Å². The first-order valence-electron chi connectivity index (χ1n) is 6.51. The summed E-state index contributed by atoms with van der Waals surface area (Å²) in [7, 11) is 0. The van der Waals surface area contributed by atoms with Gasteiger partial charge in [-0.05, 0) is 37.0 Å². The Bertz CT molecular complexity index is 601. The second kappa shape index (κ2) is 5.00. The molecule has 1 unspecified atom stereocenters. The molecule has 1 N–H and O–H groups in total. The Labute approximate surface area is 113 Å². The van der Waals surface area contributed by atoms with Crippen LogP contribution in [0.5, 0.6) is 0 Å². The summed E-state index contributed by atoms with van der Waals surface area (Å²) in [4.78, 5) is 15.9. The van der Waals surface area contributed by atoms with Crippen molar-refractivity contribution in [2.24, 2.45) is 11.3 Å². The number of benzene rings is 1. The Morgan fingerprint density at radius 2 is 2.00 bits per heavy atom. The summed E-state index contributed by atoms with van der Waals surface area (Å²) in [6, 6.07) is 9.78. The van der Waals surface area contributed by atoms with Gasteiger partial charge in [-0.3, -0.25) is 9.78 Å². The maximum atomic E-state index is 11.6. The first kappa shape index (κ1) is 13.5. The summed E-state index contributed by atoms with van der Waals surface area (Å²) in [5.41, 5.74) is 1.20. The number of carboxylic acids is 1. The van der Waals surface area contributed by atoms with Gasteiger partial charge < -0.3 is 5.11 Å². The van der Waals surface area contributed by atoms with E-state index in [1.807, 2.05) is 51.1 Å². The smallest absolute Gasteiger partial charge is 0.309 e. The van der Waals surface area contributed by atoms with Crippen LogP contribution in [0.2, 0.25) is 0 Å². The number of fused-ring (bicyclic) bond motifs is 1. The van der Waals surface area contributed by atoms with E-state index in [1.54, 1.807) is 6.20 Å².